The highest BCUT2D eigenvalue weighted by Crippen LogP contribution is 2.00. The molecule has 0 radical (unpaired) electrons. The Hall–Kier alpha value is -0.940. The molecule has 1 fully saturated rings. The van der Waals surface area contributed by atoms with Crippen LogP contribution in [0.4, 0.5) is 0 Å². The molecule has 1 N–H and O–H groups in total. The molecule has 5 heteroatoms. The average Bonchev–Trinajstić information content (AvgIpc) is 2.53. The van der Waals surface area contributed by atoms with Crippen LogP contribution in [0.5, 0.6) is 0 Å². The standard InChI is InChI=1S/C8H15N5/c1-12-6-8(10-11-12)7-13-4-2-9-3-5-13/h6,9H,2-5,7H2,1H3. The van der Waals surface area contributed by atoms with Crippen LogP contribution in [0.1, 0.15) is 5.69 Å². The SMILES string of the molecule is Cn1cc(CN2CCNCC2)nn1. The monoisotopic (exact) mass is 181 g/mol. The second kappa shape index (κ2) is 3.85. The smallest absolute Gasteiger partial charge is 0.0967 e. The number of aryl methyl sites for hydroxylation is 1. The van der Waals surface area contributed by atoms with E-state index in [1.807, 2.05) is 13.2 Å². The van der Waals surface area contributed by atoms with Gasteiger partial charge in [-0.15, -0.1) is 5.10 Å². The van der Waals surface area contributed by atoms with E-state index in [9.17, 15) is 0 Å². The topological polar surface area (TPSA) is 46.0 Å². The van der Waals surface area contributed by atoms with Crippen molar-refractivity contribution in [2.75, 3.05) is 26.2 Å². The molecule has 0 unspecified atom stereocenters. The average molecular weight is 181 g/mol. The molecule has 0 bridgehead atoms. The van der Waals surface area contributed by atoms with E-state index in [1.54, 1.807) is 4.68 Å². The zero-order valence-electron chi connectivity index (χ0n) is 7.90. The fourth-order valence-electron chi connectivity index (χ4n) is 1.57. The molecule has 1 aliphatic rings. The molecule has 0 aliphatic carbocycles. The van der Waals surface area contributed by atoms with Crippen LogP contribution in [0.3, 0.4) is 0 Å². The Balaban J connectivity index is 1.89. The van der Waals surface area contributed by atoms with Crippen molar-refractivity contribution >= 4 is 0 Å². The van der Waals surface area contributed by atoms with Crippen LogP contribution in [0.2, 0.25) is 0 Å². The number of aromatic nitrogens is 3. The van der Waals surface area contributed by atoms with Crippen molar-refractivity contribution in [2.24, 2.45) is 7.05 Å². The van der Waals surface area contributed by atoms with Crippen LogP contribution in [0.15, 0.2) is 6.20 Å². The minimum atomic E-state index is 0.926. The van der Waals surface area contributed by atoms with Crippen LogP contribution >= 0.6 is 0 Å². The van der Waals surface area contributed by atoms with E-state index in [1.165, 1.54) is 0 Å². The summed E-state index contributed by atoms with van der Waals surface area (Å²) in [4.78, 5) is 2.39. The van der Waals surface area contributed by atoms with Gasteiger partial charge in [0.25, 0.3) is 0 Å². The second-order valence-electron chi connectivity index (χ2n) is 3.41. The lowest BCUT2D eigenvalue weighted by molar-refractivity contribution is 0.230. The van der Waals surface area contributed by atoms with Gasteiger partial charge in [-0.25, -0.2) is 0 Å². The van der Waals surface area contributed by atoms with E-state index in [2.05, 4.69) is 20.5 Å². The van der Waals surface area contributed by atoms with Crippen LogP contribution in [0, 0.1) is 0 Å². The van der Waals surface area contributed by atoms with Crippen molar-refractivity contribution in [3.8, 4) is 0 Å². The minimum absolute atomic E-state index is 0.926. The summed E-state index contributed by atoms with van der Waals surface area (Å²) < 4.78 is 1.75. The van der Waals surface area contributed by atoms with Crippen LogP contribution in [-0.2, 0) is 13.6 Å². The zero-order chi connectivity index (χ0) is 9.10. The number of nitrogens with one attached hydrogen (secondary N) is 1. The molecule has 0 spiro atoms. The summed E-state index contributed by atoms with van der Waals surface area (Å²) in [6, 6.07) is 0. The van der Waals surface area contributed by atoms with Crippen LogP contribution in [-0.4, -0.2) is 46.1 Å². The highest BCUT2D eigenvalue weighted by molar-refractivity contribution is 4.92. The zero-order valence-corrected chi connectivity index (χ0v) is 7.90. The van der Waals surface area contributed by atoms with E-state index < -0.39 is 0 Å². The number of hydrogen-bond donors (Lipinski definition) is 1. The maximum Gasteiger partial charge on any atom is 0.0967 e. The largest absolute Gasteiger partial charge is 0.314 e. The number of rotatable bonds is 2. The van der Waals surface area contributed by atoms with Gasteiger partial charge >= 0.3 is 0 Å². The van der Waals surface area contributed by atoms with Gasteiger partial charge in [0, 0.05) is 46.0 Å². The maximum atomic E-state index is 4.06. The first-order valence-electron chi connectivity index (χ1n) is 4.63. The van der Waals surface area contributed by atoms with Gasteiger partial charge in [0.05, 0.1) is 5.69 Å². The highest BCUT2D eigenvalue weighted by atomic mass is 15.4. The lowest BCUT2D eigenvalue weighted by Crippen LogP contribution is -2.42. The first kappa shape index (κ1) is 8.65. The van der Waals surface area contributed by atoms with Gasteiger partial charge in [0.2, 0.25) is 0 Å². The number of piperazine rings is 1. The lowest BCUT2D eigenvalue weighted by atomic mass is 10.3. The Morgan fingerprint density at radius 1 is 1.46 bits per heavy atom. The third-order valence-corrected chi connectivity index (χ3v) is 2.25. The van der Waals surface area contributed by atoms with E-state index in [0.29, 0.717) is 0 Å². The fourth-order valence-corrected chi connectivity index (χ4v) is 1.57. The normalized spacial score (nSPS) is 19.2. The second-order valence-corrected chi connectivity index (χ2v) is 3.41. The molecule has 5 nitrogen and oxygen atoms in total. The molecular formula is C8H15N5. The number of nitrogens with zero attached hydrogens (tertiary/aromatic N) is 4. The Kier molecular flexibility index (Phi) is 2.56. The Labute approximate surface area is 77.7 Å². The van der Waals surface area contributed by atoms with Crippen molar-refractivity contribution in [2.45, 2.75) is 6.54 Å². The van der Waals surface area contributed by atoms with Gasteiger partial charge in [0.15, 0.2) is 0 Å². The van der Waals surface area contributed by atoms with Gasteiger partial charge in [-0.05, 0) is 0 Å². The molecule has 1 aromatic rings. The summed E-state index contributed by atoms with van der Waals surface area (Å²) in [5, 5.41) is 11.3. The van der Waals surface area contributed by atoms with Crippen molar-refractivity contribution in [1.82, 2.24) is 25.2 Å². The molecule has 72 valence electrons. The summed E-state index contributed by atoms with van der Waals surface area (Å²) in [7, 11) is 1.90. The van der Waals surface area contributed by atoms with Crippen LogP contribution in [0.25, 0.3) is 0 Å². The summed E-state index contributed by atoms with van der Waals surface area (Å²) in [5.74, 6) is 0. The molecule has 0 aromatic carbocycles. The van der Waals surface area contributed by atoms with Gasteiger partial charge < -0.3 is 5.32 Å². The summed E-state index contributed by atoms with van der Waals surface area (Å²) >= 11 is 0. The Morgan fingerprint density at radius 2 is 2.23 bits per heavy atom. The van der Waals surface area contributed by atoms with Crippen LogP contribution < -0.4 is 5.32 Å². The summed E-state index contributed by atoms with van der Waals surface area (Å²) in [5.41, 5.74) is 1.06. The Morgan fingerprint density at radius 3 is 2.85 bits per heavy atom. The molecule has 1 aromatic heterocycles. The molecule has 1 aliphatic heterocycles. The summed E-state index contributed by atoms with van der Waals surface area (Å²) in [6.07, 6.45) is 1.97. The third kappa shape index (κ3) is 2.26. The molecule has 0 atom stereocenters. The third-order valence-electron chi connectivity index (χ3n) is 2.25. The first-order chi connectivity index (χ1) is 6.34. The Bertz CT molecular complexity index is 263. The summed E-state index contributed by atoms with van der Waals surface area (Å²) in [6.45, 7) is 5.31. The molecule has 2 rings (SSSR count). The van der Waals surface area contributed by atoms with E-state index >= 15 is 0 Å². The fraction of sp³-hybridized carbons (Fsp3) is 0.750. The van der Waals surface area contributed by atoms with Gasteiger partial charge in [-0.1, -0.05) is 5.21 Å². The molecular weight excluding hydrogens is 166 g/mol. The van der Waals surface area contributed by atoms with Gasteiger partial charge in [-0.2, -0.15) is 0 Å². The predicted octanol–water partition coefficient (Wildman–Crippen LogP) is -0.780. The maximum absolute atomic E-state index is 4.06. The first-order valence-corrected chi connectivity index (χ1v) is 4.63. The highest BCUT2D eigenvalue weighted by Gasteiger charge is 2.10. The van der Waals surface area contributed by atoms with E-state index in [4.69, 9.17) is 0 Å². The molecule has 2 heterocycles. The number of hydrogen-bond acceptors (Lipinski definition) is 4. The van der Waals surface area contributed by atoms with E-state index in [0.717, 1.165) is 38.4 Å². The quantitative estimate of drug-likeness (QED) is 0.650. The minimum Gasteiger partial charge on any atom is -0.314 e. The molecule has 1 saturated heterocycles. The van der Waals surface area contributed by atoms with E-state index in [-0.39, 0.29) is 0 Å². The lowest BCUT2D eigenvalue weighted by Gasteiger charge is -2.25. The molecule has 13 heavy (non-hydrogen) atoms. The predicted molar refractivity (Wildman–Crippen MR) is 49.1 cm³/mol. The van der Waals surface area contributed by atoms with Crippen molar-refractivity contribution in [3.05, 3.63) is 11.9 Å². The van der Waals surface area contributed by atoms with Gasteiger partial charge in [0.1, 0.15) is 0 Å². The van der Waals surface area contributed by atoms with Crippen molar-refractivity contribution < 1.29 is 0 Å². The molecule has 0 saturated carbocycles. The van der Waals surface area contributed by atoms with Crippen molar-refractivity contribution in [1.29, 1.82) is 0 Å². The molecule has 0 amide bonds. The van der Waals surface area contributed by atoms with Gasteiger partial charge in [-0.3, -0.25) is 9.58 Å². The van der Waals surface area contributed by atoms with Crippen molar-refractivity contribution in [3.63, 3.8) is 0 Å².